The second kappa shape index (κ2) is 4.59. The fourth-order valence-corrected chi connectivity index (χ4v) is 1.94. The highest BCUT2D eigenvalue weighted by atomic mass is 16.5. The number of nitrogens with zero attached hydrogens (tertiary/aromatic N) is 2. The number of rotatable bonds is 3. The number of methoxy groups -OCH3 is 1. The Labute approximate surface area is 101 Å². The zero-order valence-corrected chi connectivity index (χ0v) is 10.4. The Morgan fingerprint density at radius 2 is 2.12 bits per heavy atom. The minimum Gasteiger partial charge on any atom is -0.496 e. The summed E-state index contributed by atoms with van der Waals surface area (Å²) in [5.74, 6) is 0.846. The van der Waals surface area contributed by atoms with Crippen LogP contribution in [-0.2, 0) is 13.6 Å². The fourth-order valence-electron chi connectivity index (χ4n) is 1.94. The summed E-state index contributed by atoms with van der Waals surface area (Å²) < 4.78 is 7.16. The summed E-state index contributed by atoms with van der Waals surface area (Å²) in [4.78, 5) is 0. The van der Waals surface area contributed by atoms with Crippen molar-refractivity contribution in [2.75, 3.05) is 7.11 Å². The maximum Gasteiger partial charge on any atom is 0.126 e. The van der Waals surface area contributed by atoms with E-state index in [4.69, 9.17) is 10.5 Å². The van der Waals surface area contributed by atoms with E-state index in [9.17, 15) is 0 Å². The molecular weight excluding hydrogens is 214 g/mol. The van der Waals surface area contributed by atoms with Gasteiger partial charge in [0.05, 0.1) is 12.8 Å². The lowest BCUT2D eigenvalue weighted by Gasteiger charge is -2.09. The van der Waals surface area contributed by atoms with Crippen molar-refractivity contribution in [2.24, 2.45) is 12.8 Å². The van der Waals surface area contributed by atoms with E-state index < -0.39 is 0 Å². The number of hydrogen-bond donors (Lipinski definition) is 1. The number of ether oxygens (including phenoxy) is 1. The standard InChI is InChI=1S/C13H17N3O/c1-9-4-5-13(17-3)10(6-9)11-8-16(2)15-12(11)7-14/h4-6,8H,7,14H2,1-3H3. The van der Waals surface area contributed by atoms with E-state index in [0.717, 1.165) is 22.6 Å². The molecule has 2 aromatic rings. The van der Waals surface area contributed by atoms with Gasteiger partial charge in [0.25, 0.3) is 0 Å². The molecule has 0 radical (unpaired) electrons. The molecule has 2 rings (SSSR count). The number of aromatic nitrogens is 2. The van der Waals surface area contributed by atoms with Gasteiger partial charge in [-0.05, 0) is 19.1 Å². The van der Waals surface area contributed by atoms with E-state index >= 15 is 0 Å². The molecule has 1 aromatic heterocycles. The van der Waals surface area contributed by atoms with Crippen LogP contribution in [0.1, 0.15) is 11.3 Å². The Hall–Kier alpha value is -1.81. The van der Waals surface area contributed by atoms with Crippen molar-refractivity contribution in [3.63, 3.8) is 0 Å². The van der Waals surface area contributed by atoms with Gasteiger partial charge in [0.2, 0.25) is 0 Å². The summed E-state index contributed by atoms with van der Waals surface area (Å²) >= 11 is 0. The van der Waals surface area contributed by atoms with E-state index in [-0.39, 0.29) is 0 Å². The quantitative estimate of drug-likeness (QED) is 0.877. The lowest BCUT2D eigenvalue weighted by molar-refractivity contribution is 0.416. The third-order valence-corrected chi connectivity index (χ3v) is 2.74. The van der Waals surface area contributed by atoms with Crippen molar-refractivity contribution < 1.29 is 4.74 Å². The molecular formula is C13H17N3O. The third kappa shape index (κ3) is 2.17. The van der Waals surface area contributed by atoms with Crippen LogP contribution in [0.4, 0.5) is 0 Å². The van der Waals surface area contributed by atoms with Gasteiger partial charge < -0.3 is 10.5 Å². The van der Waals surface area contributed by atoms with Gasteiger partial charge in [0.1, 0.15) is 5.75 Å². The maximum atomic E-state index is 5.71. The third-order valence-electron chi connectivity index (χ3n) is 2.74. The maximum absolute atomic E-state index is 5.71. The lowest BCUT2D eigenvalue weighted by atomic mass is 10.0. The lowest BCUT2D eigenvalue weighted by Crippen LogP contribution is -2.00. The van der Waals surface area contributed by atoms with Gasteiger partial charge in [0, 0.05) is 30.9 Å². The predicted octanol–water partition coefficient (Wildman–Crippen LogP) is 1.86. The zero-order valence-electron chi connectivity index (χ0n) is 10.4. The van der Waals surface area contributed by atoms with Crippen LogP contribution in [0, 0.1) is 6.92 Å². The van der Waals surface area contributed by atoms with Crippen LogP contribution in [0.15, 0.2) is 24.4 Å². The molecule has 17 heavy (non-hydrogen) atoms. The summed E-state index contributed by atoms with van der Waals surface area (Å²) in [6.07, 6.45) is 1.97. The zero-order chi connectivity index (χ0) is 12.4. The Morgan fingerprint density at radius 3 is 2.76 bits per heavy atom. The second-order valence-corrected chi connectivity index (χ2v) is 4.07. The first-order valence-electron chi connectivity index (χ1n) is 5.53. The van der Waals surface area contributed by atoms with Gasteiger partial charge in [-0.3, -0.25) is 4.68 Å². The molecule has 0 aliphatic carbocycles. The molecule has 90 valence electrons. The molecule has 1 heterocycles. The van der Waals surface area contributed by atoms with E-state index in [0.29, 0.717) is 6.54 Å². The summed E-state index contributed by atoms with van der Waals surface area (Å²) in [5, 5.41) is 4.35. The van der Waals surface area contributed by atoms with Crippen LogP contribution in [0.5, 0.6) is 5.75 Å². The molecule has 0 bridgehead atoms. The molecule has 0 saturated carbocycles. The highest BCUT2D eigenvalue weighted by molar-refractivity contribution is 5.72. The molecule has 0 fully saturated rings. The van der Waals surface area contributed by atoms with E-state index in [1.54, 1.807) is 11.8 Å². The molecule has 0 amide bonds. The van der Waals surface area contributed by atoms with Crippen LogP contribution in [-0.4, -0.2) is 16.9 Å². The van der Waals surface area contributed by atoms with Crippen LogP contribution >= 0.6 is 0 Å². The minimum absolute atomic E-state index is 0.424. The molecule has 4 nitrogen and oxygen atoms in total. The van der Waals surface area contributed by atoms with E-state index in [1.165, 1.54) is 5.56 Å². The smallest absolute Gasteiger partial charge is 0.126 e. The number of benzene rings is 1. The van der Waals surface area contributed by atoms with Crippen molar-refractivity contribution in [1.82, 2.24) is 9.78 Å². The number of nitrogens with two attached hydrogens (primary N) is 1. The van der Waals surface area contributed by atoms with Crippen molar-refractivity contribution in [1.29, 1.82) is 0 Å². The molecule has 0 spiro atoms. The normalized spacial score (nSPS) is 10.6. The topological polar surface area (TPSA) is 53.1 Å². The van der Waals surface area contributed by atoms with E-state index in [1.807, 2.05) is 25.4 Å². The summed E-state index contributed by atoms with van der Waals surface area (Å²) in [5.41, 5.74) is 9.87. The largest absolute Gasteiger partial charge is 0.496 e. The highest BCUT2D eigenvalue weighted by Gasteiger charge is 2.13. The average molecular weight is 231 g/mol. The molecule has 0 unspecified atom stereocenters. The van der Waals surface area contributed by atoms with Crippen molar-refractivity contribution >= 4 is 0 Å². The summed E-state index contributed by atoms with van der Waals surface area (Å²) in [7, 11) is 3.57. The SMILES string of the molecule is COc1ccc(C)cc1-c1cn(C)nc1CN. The molecule has 0 atom stereocenters. The predicted molar refractivity (Wildman–Crippen MR) is 67.8 cm³/mol. The van der Waals surface area contributed by atoms with Crippen molar-refractivity contribution in [3.8, 4) is 16.9 Å². The Balaban J connectivity index is 2.61. The average Bonchev–Trinajstić information content (AvgIpc) is 2.70. The van der Waals surface area contributed by atoms with Crippen LogP contribution < -0.4 is 10.5 Å². The Kier molecular flexibility index (Phi) is 3.15. The molecule has 0 aliphatic rings. The molecule has 0 aliphatic heterocycles. The molecule has 4 heteroatoms. The van der Waals surface area contributed by atoms with Gasteiger partial charge in [-0.2, -0.15) is 5.10 Å². The Morgan fingerprint density at radius 1 is 1.35 bits per heavy atom. The molecule has 1 aromatic carbocycles. The fraction of sp³-hybridized carbons (Fsp3) is 0.308. The first-order chi connectivity index (χ1) is 8.15. The second-order valence-electron chi connectivity index (χ2n) is 4.07. The first kappa shape index (κ1) is 11.7. The van der Waals surface area contributed by atoms with Crippen LogP contribution in [0.2, 0.25) is 0 Å². The van der Waals surface area contributed by atoms with Crippen molar-refractivity contribution in [3.05, 3.63) is 35.7 Å². The van der Waals surface area contributed by atoms with Gasteiger partial charge in [0.15, 0.2) is 0 Å². The minimum atomic E-state index is 0.424. The van der Waals surface area contributed by atoms with Gasteiger partial charge in [-0.1, -0.05) is 11.6 Å². The van der Waals surface area contributed by atoms with Gasteiger partial charge in [-0.15, -0.1) is 0 Å². The first-order valence-corrected chi connectivity index (χ1v) is 5.53. The summed E-state index contributed by atoms with van der Waals surface area (Å²) in [6.45, 7) is 2.48. The number of aryl methyl sites for hydroxylation is 2. The Bertz CT molecular complexity index is 531. The molecule has 0 saturated heterocycles. The highest BCUT2D eigenvalue weighted by Crippen LogP contribution is 2.32. The summed E-state index contributed by atoms with van der Waals surface area (Å²) in [6, 6.07) is 6.09. The number of hydrogen-bond acceptors (Lipinski definition) is 3. The van der Waals surface area contributed by atoms with Gasteiger partial charge in [-0.25, -0.2) is 0 Å². The van der Waals surface area contributed by atoms with Gasteiger partial charge >= 0.3 is 0 Å². The monoisotopic (exact) mass is 231 g/mol. The van der Waals surface area contributed by atoms with Crippen LogP contribution in [0.3, 0.4) is 0 Å². The van der Waals surface area contributed by atoms with Crippen molar-refractivity contribution in [2.45, 2.75) is 13.5 Å². The van der Waals surface area contributed by atoms with Crippen LogP contribution in [0.25, 0.3) is 11.1 Å². The van der Waals surface area contributed by atoms with E-state index in [2.05, 4.69) is 18.1 Å². The molecule has 2 N–H and O–H groups in total.